The second-order valence-electron chi connectivity index (χ2n) is 3.81. The van der Waals surface area contributed by atoms with Gasteiger partial charge in [0.2, 0.25) is 0 Å². The first-order valence-electron chi connectivity index (χ1n) is 5.32. The number of nitrogen functional groups attached to an aromatic ring is 1. The standard InChI is InChI=1S/C11H15N5O/c1-7-3-4-8(10(12)13)11-14-9(5-6-17-2)15-16(7)11/h3-4H,5-6H2,1-2H3,(H3,12,13). The molecule has 2 heterocycles. The van der Waals surface area contributed by atoms with Crippen molar-refractivity contribution in [3.05, 3.63) is 29.2 Å². The molecule has 2 rings (SSSR count). The largest absolute Gasteiger partial charge is 0.384 e. The number of pyridine rings is 1. The molecule has 0 aromatic carbocycles. The van der Waals surface area contributed by atoms with Gasteiger partial charge in [-0.25, -0.2) is 9.50 Å². The summed E-state index contributed by atoms with van der Waals surface area (Å²) in [6.07, 6.45) is 0.648. The van der Waals surface area contributed by atoms with E-state index in [0.717, 1.165) is 5.69 Å². The van der Waals surface area contributed by atoms with Gasteiger partial charge in [0.05, 0.1) is 12.2 Å². The number of hydrogen-bond donors (Lipinski definition) is 2. The molecule has 2 aromatic rings. The van der Waals surface area contributed by atoms with Crippen molar-refractivity contribution in [2.75, 3.05) is 13.7 Å². The van der Waals surface area contributed by atoms with E-state index < -0.39 is 0 Å². The fourth-order valence-electron chi connectivity index (χ4n) is 1.63. The number of aromatic nitrogens is 3. The number of aryl methyl sites for hydroxylation is 1. The van der Waals surface area contributed by atoms with Gasteiger partial charge in [0.15, 0.2) is 11.5 Å². The van der Waals surface area contributed by atoms with Crippen LogP contribution in [0.2, 0.25) is 0 Å². The Morgan fingerprint density at radius 2 is 2.29 bits per heavy atom. The van der Waals surface area contributed by atoms with E-state index in [4.69, 9.17) is 15.9 Å². The molecule has 6 nitrogen and oxygen atoms in total. The lowest BCUT2D eigenvalue weighted by Gasteiger charge is -2.02. The third kappa shape index (κ3) is 2.12. The van der Waals surface area contributed by atoms with Crippen molar-refractivity contribution in [1.82, 2.24) is 14.6 Å². The first-order chi connectivity index (χ1) is 8.13. The number of rotatable bonds is 4. The lowest BCUT2D eigenvalue weighted by Crippen LogP contribution is -2.13. The highest BCUT2D eigenvalue weighted by Gasteiger charge is 2.11. The predicted octanol–water partition coefficient (Wildman–Crippen LogP) is 0.511. The van der Waals surface area contributed by atoms with Gasteiger partial charge in [0, 0.05) is 19.2 Å². The van der Waals surface area contributed by atoms with Gasteiger partial charge in [0.1, 0.15) is 5.84 Å². The Bertz CT molecular complexity index is 560. The van der Waals surface area contributed by atoms with E-state index in [1.54, 1.807) is 17.7 Å². The van der Waals surface area contributed by atoms with Crippen molar-refractivity contribution in [1.29, 1.82) is 5.41 Å². The summed E-state index contributed by atoms with van der Waals surface area (Å²) in [4.78, 5) is 4.38. The van der Waals surface area contributed by atoms with Crippen molar-refractivity contribution in [2.45, 2.75) is 13.3 Å². The van der Waals surface area contributed by atoms with Gasteiger partial charge < -0.3 is 10.5 Å². The first kappa shape index (κ1) is 11.5. The average molecular weight is 233 g/mol. The van der Waals surface area contributed by atoms with Crippen LogP contribution in [0.15, 0.2) is 12.1 Å². The van der Waals surface area contributed by atoms with Gasteiger partial charge in [-0.05, 0) is 19.1 Å². The van der Waals surface area contributed by atoms with Gasteiger partial charge in [-0.1, -0.05) is 0 Å². The summed E-state index contributed by atoms with van der Waals surface area (Å²) in [6.45, 7) is 2.51. The van der Waals surface area contributed by atoms with Crippen molar-refractivity contribution < 1.29 is 4.74 Å². The molecule has 6 heteroatoms. The number of nitrogens with two attached hydrogens (primary N) is 1. The van der Waals surface area contributed by atoms with E-state index in [0.29, 0.717) is 30.1 Å². The molecule has 0 aliphatic rings. The van der Waals surface area contributed by atoms with Gasteiger partial charge >= 0.3 is 0 Å². The van der Waals surface area contributed by atoms with E-state index in [2.05, 4.69) is 10.1 Å². The molecule has 2 aromatic heterocycles. The van der Waals surface area contributed by atoms with Crippen molar-refractivity contribution >= 4 is 11.5 Å². The lowest BCUT2D eigenvalue weighted by atomic mass is 10.2. The summed E-state index contributed by atoms with van der Waals surface area (Å²) in [5.41, 5.74) is 7.71. The van der Waals surface area contributed by atoms with Crippen LogP contribution in [-0.2, 0) is 11.2 Å². The minimum atomic E-state index is 0.000640. The zero-order valence-electron chi connectivity index (χ0n) is 9.90. The summed E-state index contributed by atoms with van der Waals surface area (Å²) < 4.78 is 6.70. The SMILES string of the molecule is COCCc1nc2c(C(=N)N)ccc(C)n2n1. The molecular formula is C11H15N5O. The van der Waals surface area contributed by atoms with Gasteiger partial charge in [-0.3, -0.25) is 5.41 Å². The predicted molar refractivity (Wildman–Crippen MR) is 64.3 cm³/mol. The van der Waals surface area contributed by atoms with Crippen molar-refractivity contribution in [3.63, 3.8) is 0 Å². The molecule has 0 spiro atoms. The van der Waals surface area contributed by atoms with E-state index in [1.165, 1.54) is 0 Å². The van der Waals surface area contributed by atoms with E-state index >= 15 is 0 Å². The molecule has 0 bridgehead atoms. The quantitative estimate of drug-likeness (QED) is 0.594. The fraction of sp³-hybridized carbons (Fsp3) is 0.364. The molecule has 90 valence electrons. The van der Waals surface area contributed by atoms with Crippen LogP contribution in [-0.4, -0.2) is 34.2 Å². The molecule has 0 radical (unpaired) electrons. The topological polar surface area (TPSA) is 89.3 Å². The highest BCUT2D eigenvalue weighted by atomic mass is 16.5. The van der Waals surface area contributed by atoms with Gasteiger partial charge in [-0.15, -0.1) is 0 Å². The molecule has 0 aliphatic carbocycles. The molecule has 3 N–H and O–H groups in total. The van der Waals surface area contributed by atoms with E-state index in [9.17, 15) is 0 Å². The third-order valence-electron chi connectivity index (χ3n) is 2.54. The van der Waals surface area contributed by atoms with Crippen LogP contribution >= 0.6 is 0 Å². The monoisotopic (exact) mass is 233 g/mol. The second-order valence-corrected chi connectivity index (χ2v) is 3.81. The number of methoxy groups -OCH3 is 1. The second kappa shape index (κ2) is 4.50. The lowest BCUT2D eigenvalue weighted by molar-refractivity contribution is 0.200. The Balaban J connectivity index is 2.53. The summed E-state index contributed by atoms with van der Waals surface area (Å²) >= 11 is 0. The Morgan fingerprint density at radius 3 is 2.94 bits per heavy atom. The Morgan fingerprint density at radius 1 is 1.53 bits per heavy atom. The molecule has 0 fully saturated rings. The van der Waals surface area contributed by atoms with Crippen LogP contribution in [0.4, 0.5) is 0 Å². The summed E-state index contributed by atoms with van der Waals surface area (Å²) in [7, 11) is 1.64. The number of nitrogens with zero attached hydrogens (tertiary/aromatic N) is 3. The van der Waals surface area contributed by atoms with Crippen LogP contribution in [0.25, 0.3) is 5.65 Å². The Hall–Kier alpha value is -1.95. The molecule has 0 aliphatic heterocycles. The van der Waals surface area contributed by atoms with Crippen LogP contribution in [0, 0.1) is 12.3 Å². The average Bonchev–Trinajstić information content (AvgIpc) is 2.71. The smallest absolute Gasteiger partial charge is 0.166 e. The molecular weight excluding hydrogens is 218 g/mol. The van der Waals surface area contributed by atoms with Crippen LogP contribution < -0.4 is 5.73 Å². The summed E-state index contributed by atoms with van der Waals surface area (Å²) in [5.74, 6) is 0.698. The Labute approximate surface area is 98.9 Å². The Kier molecular flexibility index (Phi) is 3.06. The number of hydrogen-bond acceptors (Lipinski definition) is 4. The van der Waals surface area contributed by atoms with E-state index in [1.807, 2.05) is 13.0 Å². The zero-order valence-corrected chi connectivity index (χ0v) is 9.90. The molecule has 0 saturated heterocycles. The fourth-order valence-corrected chi connectivity index (χ4v) is 1.63. The van der Waals surface area contributed by atoms with Crippen LogP contribution in [0.1, 0.15) is 17.1 Å². The van der Waals surface area contributed by atoms with Gasteiger partial charge in [0.25, 0.3) is 0 Å². The minimum absolute atomic E-state index is 0.000640. The first-order valence-corrected chi connectivity index (χ1v) is 5.32. The van der Waals surface area contributed by atoms with Gasteiger partial charge in [-0.2, -0.15) is 5.10 Å². The van der Waals surface area contributed by atoms with Crippen LogP contribution in [0.5, 0.6) is 0 Å². The molecule has 0 amide bonds. The van der Waals surface area contributed by atoms with Crippen molar-refractivity contribution in [3.8, 4) is 0 Å². The number of nitrogens with one attached hydrogen (secondary N) is 1. The molecule has 0 atom stereocenters. The zero-order chi connectivity index (χ0) is 12.4. The maximum atomic E-state index is 7.51. The number of fused-ring (bicyclic) bond motifs is 1. The molecule has 17 heavy (non-hydrogen) atoms. The number of ether oxygens (including phenoxy) is 1. The summed E-state index contributed by atoms with van der Waals surface area (Å²) in [5, 5.41) is 11.9. The normalized spacial score (nSPS) is 10.9. The highest BCUT2D eigenvalue weighted by Crippen LogP contribution is 2.11. The maximum Gasteiger partial charge on any atom is 0.166 e. The minimum Gasteiger partial charge on any atom is -0.384 e. The molecule has 0 unspecified atom stereocenters. The maximum absolute atomic E-state index is 7.51. The number of amidine groups is 1. The van der Waals surface area contributed by atoms with E-state index in [-0.39, 0.29) is 5.84 Å². The highest BCUT2D eigenvalue weighted by molar-refractivity contribution is 6.00. The molecule has 0 saturated carbocycles. The van der Waals surface area contributed by atoms with Crippen LogP contribution in [0.3, 0.4) is 0 Å². The van der Waals surface area contributed by atoms with Crippen molar-refractivity contribution in [2.24, 2.45) is 5.73 Å². The third-order valence-corrected chi connectivity index (χ3v) is 2.54. The summed E-state index contributed by atoms with van der Waals surface area (Å²) in [6, 6.07) is 3.67.